The number of benzene rings is 1. The van der Waals surface area contributed by atoms with Gasteiger partial charge in [-0.05, 0) is 30.5 Å². The lowest BCUT2D eigenvalue weighted by molar-refractivity contribution is 0.0305. The van der Waals surface area contributed by atoms with Crippen LogP contribution >= 0.6 is 12.4 Å². The maximum atomic E-state index is 9.93. The lowest BCUT2D eigenvalue weighted by atomic mass is 9.79. The molecular weight excluding hydrogens is 322 g/mol. The van der Waals surface area contributed by atoms with Gasteiger partial charge in [-0.1, -0.05) is 26.0 Å². The van der Waals surface area contributed by atoms with E-state index in [4.69, 9.17) is 0 Å². The second kappa shape index (κ2) is 8.52. The fourth-order valence-electron chi connectivity index (χ4n) is 4.03. The molecular formula is C19H32ClN3O. The van der Waals surface area contributed by atoms with Crippen LogP contribution in [-0.2, 0) is 0 Å². The van der Waals surface area contributed by atoms with Gasteiger partial charge in [-0.3, -0.25) is 4.90 Å². The lowest BCUT2D eigenvalue weighted by Crippen LogP contribution is -2.49. The first-order valence-corrected chi connectivity index (χ1v) is 9.02. The van der Waals surface area contributed by atoms with Gasteiger partial charge in [0.25, 0.3) is 0 Å². The van der Waals surface area contributed by atoms with Gasteiger partial charge in [0.1, 0.15) is 0 Å². The molecule has 0 bridgehead atoms. The third kappa shape index (κ3) is 4.23. The first-order valence-electron chi connectivity index (χ1n) is 9.02. The summed E-state index contributed by atoms with van der Waals surface area (Å²) in [6.45, 7) is 11.1. The van der Waals surface area contributed by atoms with Gasteiger partial charge in [0.15, 0.2) is 0 Å². The van der Waals surface area contributed by atoms with E-state index in [1.54, 1.807) is 0 Å². The van der Waals surface area contributed by atoms with Crippen LogP contribution in [0.2, 0.25) is 0 Å². The van der Waals surface area contributed by atoms with E-state index in [1.165, 1.54) is 37.2 Å². The van der Waals surface area contributed by atoms with E-state index in [0.717, 1.165) is 26.2 Å². The van der Waals surface area contributed by atoms with E-state index in [9.17, 15) is 5.11 Å². The Morgan fingerprint density at radius 1 is 1.04 bits per heavy atom. The average molecular weight is 354 g/mol. The van der Waals surface area contributed by atoms with Crippen LogP contribution in [0.1, 0.15) is 38.3 Å². The summed E-state index contributed by atoms with van der Waals surface area (Å²) in [6, 6.07) is 9.35. The van der Waals surface area contributed by atoms with Crippen molar-refractivity contribution in [3.8, 4) is 0 Å². The predicted molar refractivity (Wildman–Crippen MR) is 103 cm³/mol. The van der Waals surface area contributed by atoms with Crippen LogP contribution in [0.25, 0.3) is 0 Å². The highest BCUT2D eigenvalue weighted by Crippen LogP contribution is 2.39. The smallest absolute Gasteiger partial charge is 0.0500 e. The first kappa shape index (κ1) is 19.5. The molecule has 136 valence electrons. The van der Waals surface area contributed by atoms with E-state index in [0.29, 0.717) is 0 Å². The summed E-state index contributed by atoms with van der Waals surface area (Å²) in [5.41, 5.74) is 2.52. The minimum atomic E-state index is -0.146. The van der Waals surface area contributed by atoms with Crippen molar-refractivity contribution >= 4 is 18.1 Å². The average Bonchev–Trinajstić information content (AvgIpc) is 3.11. The van der Waals surface area contributed by atoms with Gasteiger partial charge in [0.05, 0.1) is 0 Å². The molecule has 1 aromatic carbocycles. The molecule has 1 aromatic rings. The quantitative estimate of drug-likeness (QED) is 0.853. The molecule has 2 heterocycles. The molecule has 2 saturated heterocycles. The number of anilines is 1. The summed E-state index contributed by atoms with van der Waals surface area (Å²) < 4.78 is 0. The fraction of sp³-hybridized carbons (Fsp3) is 0.684. The number of aliphatic hydroxyl groups excluding tert-OH is 1. The topological polar surface area (TPSA) is 38.7 Å². The van der Waals surface area contributed by atoms with Crippen molar-refractivity contribution in [3.05, 3.63) is 29.8 Å². The summed E-state index contributed by atoms with van der Waals surface area (Å²) in [5.74, 6) is 0. The van der Waals surface area contributed by atoms with Gasteiger partial charge in [-0.2, -0.15) is 0 Å². The standard InChI is InChI=1S/C19H31N3O.ClH/c1-19(2,15-23)18(22-13-9-20-10-14-22)16-5-7-17(8-6-16)21-11-3-4-12-21;/h5-8,18,20,23H,3-4,9-15H2,1-2H3;1H/t18-;/m1./s1. The van der Waals surface area contributed by atoms with Crippen LogP contribution in [0, 0.1) is 5.41 Å². The Labute approximate surface area is 152 Å². The van der Waals surface area contributed by atoms with Crippen LogP contribution in [0.5, 0.6) is 0 Å². The SMILES string of the molecule is CC(C)(CO)[C@@H](c1ccc(N2CCCC2)cc1)N1CCNCC1.Cl. The van der Waals surface area contributed by atoms with Crippen LogP contribution in [0.3, 0.4) is 0 Å². The van der Waals surface area contributed by atoms with Gasteiger partial charge in [0, 0.05) is 63.0 Å². The molecule has 0 saturated carbocycles. The molecule has 0 amide bonds. The molecule has 2 aliphatic heterocycles. The van der Waals surface area contributed by atoms with E-state index >= 15 is 0 Å². The number of halogens is 1. The molecule has 0 aliphatic carbocycles. The Morgan fingerprint density at radius 3 is 2.17 bits per heavy atom. The van der Waals surface area contributed by atoms with E-state index in [2.05, 4.69) is 53.2 Å². The zero-order valence-electron chi connectivity index (χ0n) is 15.0. The number of piperazine rings is 1. The zero-order valence-corrected chi connectivity index (χ0v) is 15.8. The van der Waals surface area contributed by atoms with Crippen molar-refractivity contribution in [1.29, 1.82) is 0 Å². The highest BCUT2D eigenvalue weighted by Gasteiger charge is 2.35. The lowest BCUT2D eigenvalue weighted by Gasteiger charge is -2.43. The molecule has 5 heteroatoms. The maximum Gasteiger partial charge on any atom is 0.0500 e. The van der Waals surface area contributed by atoms with Crippen LogP contribution in [0.15, 0.2) is 24.3 Å². The van der Waals surface area contributed by atoms with E-state index < -0.39 is 0 Å². The normalized spacial score (nSPS) is 20.7. The Bertz CT molecular complexity index is 494. The molecule has 1 atom stereocenters. The van der Waals surface area contributed by atoms with Crippen LogP contribution in [-0.4, -0.2) is 55.9 Å². The monoisotopic (exact) mass is 353 g/mol. The van der Waals surface area contributed by atoms with E-state index in [-0.39, 0.29) is 30.5 Å². The number of aliphatic hydroxyl groups is 1. The Hall–Kier alpha value is -0.810. The molecule has 2 fully saturated rings. The number of hydrogen-bond acceptors (Lipinski definition) is 4. The Morgan fingerprint density at radius 2 is 1.62 bits per heavy atom. The molecule has 2 aliphatic rings. The third-order valence-electron chi connectivity index (χ3n) is 5.34. The largest absolute Gasteiger partial charge is 0.396 e. The van der Waals surface area contributed by atoms with Gasteiger partial charge in [0.2, 0.25) is 0 Å². The number of hydrogen-bond donors (Lipinski definition) is 2. The summed E-state index contributed by atoms with van der Waals surface area (Å²) in [7, 11) is 0. The van der Waals surface area contributed by atoms with Crippen LogP contribution < -0.4 is 10.2 Å². The number of nitrogens with one attached hydrogen (secondary N) is 1. The molecule has 2 N–H and O–H groups in total. The van der Waals surface area contributed by atoms with Crippen molar-refractivity contribution in [2.45, 2.75) is 32.7 Å². The highest BCUT2D eigenvalue weighted by molar-refractivity contribution is 5.85. The number of rotatable bonds is 5. The second-order valence-electron chi connectivity index (χ2n) is 7.62. The molecule has 24 heavy (non-hydrogen) atoms. The second-order valence-corrected chi connectivity index (χ2v) is 7.62. The van der Waals surface area contributed by atoms with E-state index in [1.807, 2.05) is 0 Å². The minimum absolute atomic E-state index is 0. The van der Waals surface area contributed by atoms with Gasteiger partial charge in [-0.25, -0.2) is 0 Å². The predicted octanol–water partition coefficient (Wildman–Crippen LogP) is 2.67. The summed E-state index contributed by atoms with van der Waals surface area (Å²) in [4.78, 5) is 5.00. The zero-order chi connectivity index (χ0) is 16.3. The van der Waals surface area contributed by atoms with Gasteiger partial charge < -0.3 is 15.3 Å². The summed E-state index contributed by atoms with van der Waals surface area (Å²) in [6.07, 6.45) is 2.62. The summed E-state index contributed by atoms with van der Waals surface area (Å²) >= 11 is 0. The molecule has 4 nitrogen and oxygen atoms in total. The maximum absolute atomic E-state index is 9.93. The van der Waals surface area contributed by atoms with Crippen molar-refractivity contribution < 1.29 is 5.11 Å². The molecule has 0 spiro atoms. The molecule has 3 rings (SSSR count). The Kier molecular flexibility index (Phi) is 6.93. The fourth-order valence-corrected chi connectivity index (χ4v) is 4.03. The van der Waals surface area contributed by atoms with Gasteiger partial charge >= 0.3 is 0 Å². The molecule has 0 aromatic heterocycles. The van der Waals surface area contributed by atoms with Crippen molar-refractivity contribution in [2.75, 3.05) is 50.8 Å². The Balaban J connectivity index is 0.00000208. The highest BCUT2D eigenvalue weighted by atomic mass is 35.5. The van der Waals surface area contributed by atoms with Crippen molar-refractivity contribution in [1.82, 2.24) is 10.2 Å². The molecule has 0 radical (unpaired) electrons. The third-order valence-corrected chi connectivity index (χ3v) is 5.34. The number of nitrogens with zero attached hydrogens (tertiary/aromatic N) is 2. The van der Waals surface area contributed by atoms with Gasteiger partial charge in [-0.15, -0.1) is 12.4 Å². The minimum Gasteiger partial charge on any atom is -0.396 e. The molecule has 0 unspecified atom stereocenters. The van der Waals surface area contributed by atoms with Crippen molar-refractivity contribution in [2.24, 2.45) is 5.41 Å². The summed E-state index contributed by atoms with van der Waals surface area (Å²) in [5, 5.41) is 13.4. The first-order chi connectivity index (χ1) is 11.1. The van der Waals surface area contributed by atoms with Crippen molar-refractivity contribution in [3.63, 3.8) is 0 Å². The van der Waals surface area contributed by atoms with Crippen LogP contribution in [0.4, 0.5) is 5.69 Å².